The smallest absolute Gasteiger partial charge is 0.308 e. The zero-order valence-electron chi connectivity index (χ0n) is 14.3. The van der Waals surface area contributed by atoms with Gasteiger partial charge in [-0.25, -0.2) is 0 Å². The largest absolute Gasteiger partial charge is 0.481 e. The quantitative estimate of drug-likeness (QED) is 0.886. The summed E-state index contributed by atoms with van der Waals surface area (Å²) in [6.45, 7) is 2.56. The fraction of sp³-hybridized carbons (Fsp3) is 0.368. The van der Waals surface area contributed by atoms with Gasteiger partial charge in [-0.15, -0.1) is 0 Å². The lowest BCUT2D eigenvalue weighted by molar-refractivity contribution is -0.141. The molecule has 1 saturated heterocycles. The summed E-state index contributed by atoms with van der Waals surface area (Å²) in [7, 11) is 0. The Kier molecular flexibility index (Phi) is 5.18. The Balaban J connectivity index is 1.83. The maximum absolute atomic E-state index is 12.7. The van der Waals surface area contributed by atoms with Crippen molar-refractivity contribution in [2.24, 2.45) is 5.92 Å². The molecule has 3 rings (SSSR count). The maximum atomic E-state index is 12.7. The third-order valence-electron chi connectivity index (χ3n) is 4.67. The highest BCUT2D eigenvalue weighted by atomic mass is 32.2. The van der Waals surface area contributed by atoms with Crippen LogP contribution in [0.15, 0.2) is 40.8 Å². The van der Waals surface area contributed by atoms with E-state index in [2.05, 4.69) is 0 Å². The Hall–Kier alpha value is -2.21. The van der Waals surface area contributed by atoms with Crippen LogP contribution in [0.5, 0.6) is 0 Å². The molecule has 1 aliphatic rings. The van der Waals surface area contributed by atoms with Gasteiger partial charge in [-0.1, -0.05) is 24.3 Å². The van der Waals surface area contributed by atoms with E-state index in [0.29, 0.717) is 12.3 Å². The zero-order valence-corrected chi connectivity index (χ0v) is 15.1. The minimum absolute atomic E-state index is 0.200. The highest BCUT2D eigenvalue weighted by molar-refractivity contribution is 7.97. The molecule has 0 saturated carbocycles. The number of hydrogen-bond donors (Lipinski definition) is 1. The number of carbonyl (C=O) groups is 2. The second-order valence-corrected chi connectivity index (χ2v) is 7.18. The van der Waals surface area contributed by atoms with Crippen LogP contribution in [-0.4, -0.2) is 41.2 Å². The third-order valence-corrected chi connectivity index (χ3v) is 5.24. The van der Waals surface area contributed by atoms with Crippen LogP contribution >= 0.6 is 11.8 Å². The van der Waals surface area contributed by atoms with E-state index in [9.17, 15) is 14.7 Å². The zero-order chi connectivity index (χ0) is 18.0. The minimum atomic E-state index is -0.869. The van der Waals surface area contributed by atoms with Crippen molar-refractivity contribution in [1.82, 2.24) is 4.90 Å². The van der Waals surface area contributed by atoms with Crippen LogP contribution in [0.3, 0.4) is 0 Å². The molecule has 0 unspecified atom stereocenters. The Morgan fingerprint density at radius 3 is 2.68 bits per heavy atom. The summed E-state index contributed by atoms with van der Waals surface area (Å²) in [5.74, 6) is -0.190. The van der Waals surface area contributed by atoms with Crippen molar-refractivity contribution in [2.45, 2.75) is 18.6 Å². The normalized spacial score (nSPS) is 20.0. The Bertz CT molecular complexity index is 785. The molecule has 1 aromatic heterocycles. The SMILES string of the molecule is CSCc1ccc(C(=O)N2C[C@@H](C(=O)O)[C@H](c3ccccc3C)C2)o1. The first-order valence-corrected chi connectivity index (χ1v) is 9.56. The molecule has 0 radical (unpaired) electrons. The molecule has 1 aromatic carbocycles. The van der Waals surface area contributed by atoms with Crippen LogP contribution in [0.2, 0.25) is 0 Å². The molecular formula is C19H21NO4S. The minimum Gasteiger partial charge on any atom is -0.481 e. The predicted molar refractivity (Wildman–Crippen MR) is 96.9 cm³/mol. The lowest BCUT2D eigenvalue weighted by Gasteiger charge is -2.17. The monoisotopic (exact) mass is 359 g/mol. The summed E-state index contributed by atoms with van der Waals surface area (Å²) in [4.78, 5) is 26.0. The van der Waals surface area contributed by atoms with Gasteiger partial charge in [0.15, 0.2) is 5.76 Å². The van der Waals surface area contributed by atoms with Gasteiger partial charge in [-0.3, -0.25) is 9.59 Å². The predicted octanol–water partition coefficient (Wildman–Crippen LogP) is 3.39. The number of amides is 1. The molecule has 0 aliphatic carbocycles. The Morgan fingerprint density at radius 2 is 2.00 bits per heavy atom. The number of hydrogen-bond acceptors (Lipinski definition) is 4. The molecule has 2 heterocycles. The van der Waals surface area contributed by atoms with Crippen molar-refractivity contribution >= 4 is 23.6 Å². The molecular weight excluding hydrogens is 338 g/mol. The molecule has 25 heavy (non-hydrogen) atoms. The van der Waals surface area contributed by atoms with E-state index in [1.807, 2.05) is 37.4 Å². The highest BCUT2D eigenvalue weighted by Gasteiger charge is 2.41. The molecule has 1 aliphatic heterocycles. The van der Waals surface area contributed by atoms with Crippen LogP contribution in [0.4, 0.5) is 0 Å². The van der Waals surface area contributed by atoms with Crippen molar-refractivity contribution < 1.29 is 19.1 Å². The van der Waals surface area contributed by atoms with Gasteiger partial charge in [0.2, 0.25) is 0 Å². The molecule has 2 aromatic rings. The summed E-state index contributed by atoms with van der Waals surface area (Å²) >= 11 is 1.62. The van der Waals surface area contributed by atoms with E-state index in [1.165, 1.54) is 0 Å². The number of benzene rings is 1. The van der Waals surface area contributed by atoms with Gasteiger partial charge >= 0.3 is 5.97 Å². The van der Waals surface area contributed by atoms with E-state index < -0.39 is 11.9 Å². The molecule has 0 bridgehead atoms. The van der Waals surface area contributed by atoms with Crippen molar-refractivity contribution in [3.8, 4) is 0 Å². The highest BCUT2D eigenvalue weighted by Crippen LogP contribution is 2.35. The molecule has 5 nitrogen and oxygen atoms in total. The molecule has 132 valence electrons. The maximum Gasteiger partial charge on any atom is 0.308 e. The second kappa shape index (κ2) is 7.35. The van der Waals surface area contributed by atoms with Crippen LogP contribution in [0, 0.1) is 12.8 Å². The van der Waals surface area contributed by atoms with Crippen molar-refractivity contribution in [3.63, 3.8) is 0 Å². The molecule has 6 heteroatoms. The molecule has 0 spiro atoms. The van der Waals surface area contributed by atoms with E-state index >= 15 is 0 Å². The number of aryl methyl sites for hydroxylation is 1. The van der Waals surface area contributed by atoms with E-state index in [0.717, 1.165) is 16.9 Å². The Labute approximate surface area is 151 Å². The van der Waals surface area contributed by atoms with Gasteiger partial charge in [0.25, 0.3) is 5.91 Å². The molecule has 1 amide bonds. The molecule has 1 N–H and O–H groups in total. The summed E-state index contributed by atoms with van der Waals surface area (Å²) in [5, 5.41) is 9.62. The van der Waals surface area contributed by atoms with Crippen LogP contribution in [0.25, 0.3) is 0 Å². The van der Waals surface area contributed by atoms with Gasteiger partial charge < -0.3 is 14.4 Å². The number of carboxylic acid groups (broad SMARTS) is 1. The lowest BCUT2D eigenvalue weighted by atomic mass is 9.86. The van der Waals surface area contributed by atoms with Gasteiger partial charge in [0.05, 0.1) is 11.7 Å². The number of carboxylic acids is 1. The molecule has 1 fully saturated rings. The Morgan fingerprint density at radius 1 is 1.24 bits per heavy atom. The number of furan rings is 1. The first kappa shape index (κ1) is 17.6. The van der Waals surface area contributed by atoms with Gasteiger partial charge in [-0.2, -0.15) is 11.8 Å². The number of rotatable bonds is 5. The van der Waals surface area contributed by atoms with Crippen molar-refractivity contribution in [1.29, 1.82) is 0 Å². The van der Waals surface area contributed by atoms with E-state index in [-0.39, 0.29) is 24.1 Å². The summed E-state index contributed by atoms with van der Waals surface area (Å²) in [6, 6.07) is 11.2. The average Bonchev–Trinajstić information content (AvgIpc) is 3.22. The van der Waals surface area contributed by atoms with Gasteiger partial charge in [-0.05, 0) is 36.4 Å². The van der Waals surface area contributed by atoms with Crippen LogP contribution in [0.1, 0.15) is 33.4 Å². The van der Waals surface area contributed by atoms with Crippen molar-refractivity contribution in [2.75, 3.05) is 19.3 Å². The number of likely N-dealkylation sites (tertiary alicyclic amines) is 1. The first-order valence-electron chi connectivity index (χ1n) is 8.16. The topological polar surface area (TPSA) is 70.8 Å². The third kappa shape index (κ3) is 3.58. The first-order chi connectivity index (χ1) is 12.0. The van der Waals surface area contributed by atoms with E-state index in [4.69, 9.17) is 4.42 Å². The van der Waals surface area contributed by atoms with Crippen LogP contribution in [-0.2, 0) is 10.5 Å². The summed E-state index contributed by atoms with van der Waals surface area (Å²) in [5.41, 5.74) is 2.04. The number of carbonyl (C=O) groups excluding carboxylic acids is 1. The number of nitrogens with zero attached hydrogens (tertiary/aromatic N) is 1. The standard InChI is InChI=1S/C19H21NO4S/c1-12-5-3-4-6-14(12)15-9-20(10-16(15)19(22)23)18(21)17-8-7-13(24-17)11-25-2/h3-8,15-16H,9-11H2,1-2H3,(H,22,23)/t15-,16+/m0/s1. The number of aliphatic carboxylic acids is 1. The summed E-state index contributed by atoms with van der Waals surface area (Å²) in [6.07, 6.45) is 1.97. The molecule has 2 atom stereocenters. The average molecular weight is 359 g/mol. The second-order valence-electron chi connectivity index (χ2n) is 6.32. The van der Waals surface area contributed by atoms with E-state index in [1.54, 1.807) is 28.8 Å². The summed E-state index contributed by atoms with van der Waals surface area (Å²) < 4.78 is 5.60. The van der Waals surface area contributed by atoms with Crippen molar-refractivity contribution in [3.05, 3.63) is 59.0 Å². The van der Waals surface area contributed by atoms with Gasteiger partial charge in [0.1, 0.15) is 5.76 Å². The van der Waals surface area contributed by atoms with Crippen LogP contribution < -0.4 is 0 Å². The number of thioether (sulfide) groups is 1. The fourth-order valence-corrected chi connectivity index (χ4v) is 3.85. The van der Waals surface area contributed by atoms with Gasteiger partial charge in [0, 0.05) is 19.0 Å². The lowest BCUT2D eigenvalue weighted by Crippen LogP contribution is -2.29. The fourth-order valence-electron chi connectivity index (χ4n) is 3.41.